The molecule has 1 aromatic heterocycles. The Labute approximate surface area is 169 Å². The molecule has 29 heavy (non-hydrogen) atoms. The van der Waals surface area contributed by atoms with Crippen LogP contribution < -0.4 is 4.90 Å². The maximum atomic E-state index is 13.4. The first kappa shape index (κ1) is 18.0. The molecule has 1 aliphatic heterocycles. The second-order valence-corrected chi connectivity index (χ2v) is 8.68. The zero-order valence-electron chi connectivity index (χ0n) is 16.9. The van der Waals surface area contributed by atoms with E-state index in [-0.39, 0.29) is 11.4 Å². The van der Waals surface area contributed by atoms with Gasteiger partial charge in [0, 0.05) is 47.4 Å². The highest BCUT2D eigenvalue weighted by atomic mass is 16.5. The molecular formula is C24H23N3O2. The molecule has 3 aromatic rings. The number of aryl methyl sites for hydroxylation is 1. The van der Waals surface area contributed by atoms with E-state index in [9.17, 15) is 10.1 Å². The molecule has 1 saturated heterocycles. The van der Waals surface area contributed by atoms with Gasteiger partial charge in [-0.2, -0.15) is 5.26 Å². The van der Waals surface area contributed by atoms with Crippen LogP contribution in [-0.2, 0) is 11.2 Å². The van der Waals surface area contributed by atoms with E-state index in [0.29, 0.717) is 18.6 Å². The summed E-state index contributed by atoms with van der Waals surface area (Å²) in [5.74, 6) is 0.0640. The van der Waals surface area contributed by atoms with Crippen molar-refractivity contribution in [2.75, 3.05) is 24.6 Å². The molecule has 1 aliphatic carbocycles. The van der Waals surface area contributed by atoms with Gasteiger partial charge >= 0.3 is 0 Å². The second-order valence-electron chi connectivity index (χ2n) is 8.68. The first-order valence-corrected chi connectivity index (χ1v) is 9.98. The van der Waals surface area contributed by atoms with Gasteiger partial charge in [0.25, 0.3) is 0 Å². The fourth-order valence-corrected chi connectivity index (χ4v) is 4.75. The molecule has 2 aromatic carbocycles. The molecule has 1 fully saturated rings. The fraction of sp³-hybridized carbons (Fsp3) is 0.333. The molecule has 2 heterocycles. The number of nitriles is 1. The molecule has 0 spiro atoms. The van der Waals surface area contributed by atoms with Crippen LogP contribution in [0.2, 0.25) is 0 Å². The lowest BCUT2D eigenvalue weighted by Crippen LogP contribution is -2.48. The van der Waals surface area contributed by atoms with Crippen LogP contribution in [0.15, 0.2) is 30.3 Å². The van der Waals surface area contributed by atoms with E-state index in [1.54, 1.807) is 0 Å². The molecule has 0 amide bonds. The highest BCUT2D eigenvalue weighted by Gasteiger charge is 2.31. The molecule has 5 rings (SSSR count). The number of carbonyl (C=O) groups is 1. The van der Waals surface area contributed by atoms with Crippen LogP contribution in [0.4, 0.5) is 5.69 Å². The Morgan fingerprint density at radius 3 is 2.83 bits per heavy atom. The lowest BCUT2D eigenvalue weighted by Gasteiger charge is -2.39. The SMILES string of the molecule is Cc1cc(C#N)cc2[nH]c3c(c12)C(=O)c1ccc(N2CCOC(C)(C)C2)cc1C3. The van der Waals surface area contributed by atoms with Gasteiger partial charge in [0.05, 0.1) is 29.4 Å². The normalized spacial score (nSPS) is 17.7. The zero-order chi connectivity index (χ0) is 20.3. The number of anilines is 1. The Morgan fingerprint density at radius 1 is 1.24 bits per heavy atom. The van der Waals surface area contributed by atoms with E-state index in [1.807, 2.05) is 25.1 Å². The third-order valence-corrected chi connectivity index (χ3v) is 6.02. The summed E-state index contributed by atoms with van der Waals surface area (Å²) < 4.78 is 5.83. The maximum Gasteiger partial charge on any atom is 0.195 e. The number of rotatable bonds is 1. The summed E-state index contributed by atoms with van der Waals surface area (Å²) in [6.45, 7) is 8.56. The monoisotopic (exact) mass is 385 g/mol. The third kappa shape index (κ3) is 2.83. The number of hydrogen-bond acceptors (Lipinski definition) is 4. The molecule has 0 radical (unpaired) electrons. The van der Waals surface area contributed by atoms with Crippen molar-refractivity contribution in [3.05, 3.63) is 63.8 Å². The summed E-state index contributed by atoms with van der Waals surface area (Å²) in [5.41, 5.74) is 6.91. The number of aromatic nitrogens is 1. The highest BCUT2D eigenvalue weighted by Crippen LogP contribution is 2.36. The topological polar surface area (TPSA) is 69.1 Å². The minimum atomic E-state index is -0.176. The largest absolute Gasteiger partial charge is 0.372 e. The van der Waals surface area contributed by atoms with E-state index in [1.165, 1.54) is 0 Å². The standard InChI is InChI=1S/C24H23N3O2/c1-14-8-15(12-25)9-19-21(14)22-20(26-19)11-16-10-17(4-5-18(16)23(22)28)27-6-7-29-24(2,3)13-27/h4-5,8-10,26H,6-7,11,13H2,1-3H3. The van der Waals surface area contributed by atoms with Gasteiger partial charge in [0.2, 0.25) is 0 Å². The summed E-state index contributed by atoms with van der Waals surface area (Å²) in [5, 5.41) is 10.2. The van der Waals surface area contributed by atoms with Crippen LogP contribution in [-0.4, -0.2) is 36.1 Å². The van der Waals surface area contributed by atoms with E-state index in [4.69, 9.17) is 4.74 Å². The third-order valence-electron chi connectivity index (χ3n) is 6.02. The quantitative estimate of drug-likeness (QED) is 0.536. The van der Waals surface area contributed by atoms with Crippen molar-refractivity contribution in [2.24, 2.45) is 0 Å². The molecule has 5 heteroatoms. The van der Waals surface area contributed by atoms with E-state index in [2.05, 4.69) is 41.9 Å². The van der Waals surface area contributed by atoms with Gasteiger partial charge in [-0.25, -0.2) is 0 Å². The van der Waals surface area contributed by atoms with Crippen LogP contribution in [0.3, 0.4) is 0 Å². The number of ketones is 1. The van der Waals surface area contributed by atoms with Crippen molar-refractivity contribution in [3.8, 4) is 6.07 Å². The number of carbonyl (C=O) groups excluding carboxylic acids is 1. The number of ether oxygens (including phenoxy) is 1. The van der Waals surface area contributed by atoms with Crippen molar-refractivity contribution >= 4 is 22.4 Å². The Bertz CT molecular complexity index is 1210. The Kier molecular flexibility index (Phi) is 3.84. The van der Waals surface area contributed by atoms with Crippen LogP contribution >= 0.6 is 0 Å². The molecule has 146 valence electrons. The van der Waals surface area contributed by atoms with Crippen molar-refractivity contribution in [1.29, 1.82) is 5.26 Å². The maximum absolute atomic E-state index is 13.4. The molecule has 5 nitrogen and oxygen atoms in total. The summed E-state index contributed by atoms with van der Waals surface area (Å²) >= 11 is 0. The molecule has 1 N–H and O–H groups in total. The number of nitrogens with one attached hydrogen (secondary N) is 1. The number of benzene rings is 2. The Morgan fingerprint density at radius 2 is 2.07 bits per heavy atom. The minimum Gasteiger partial charge on any atom is -0.372 e. The smallest absolute Gasteiger partial charge is 0.195 e. The summed E-state index contributed by atoms with van der Waals surface area (Å²) in [6.07, 6.45) is 0.688. The molecule has 0 atom stereocenters. The lowest BCUT2D eigenvalue weighted by molar-refractivity contribution is -0.0277. The van der Waals surface area contributed by atoms with Crippen molar-refractivity contribution in [1.82, 2.24) is 4.98 Å². The van der Waals surface area contributed by atoms with Crippen molar-refractivity contribution in [2.45, 2.75) is 32.8 Å². The van der Waals surface area contributed by atoms with Crippen molar-refractivity contribution < 1.29 is 9.53 Å². The summed E-state index contributed by atoms with van der Waals surface area (Å²) in [6, 6.07) is 12.1. The van der Waals surface area contributed by atoms with Crippen LogP contribution in [0.25, 0.3) is 10.9 Å². The number of hydrogen-bond donors (Lipinski definition) is 1. The second kappa shape index (κ2) is 6.20. The minimum absolute atomic E-state index is 0.0640. The first-order valence-electron chi connectivity index (χ1n) is 9.98. The Hall–Kier alpha value is -3.10. The van der Waals surface area contributed by atoms with Crippen molar-refractivity contribution in [3.63, 3.8) is 0 Å². The van der Waals surface area contributed by atoms with Gasteiger partial charge in [-0.1, -0.05) is 0 Å². The summed E-state index contributed by atoms with van der Waals surface area (Å²) in [4.78, 5) is 19.1. The summed E-state index contributed by atoms with van der Waals surface area (Å²) in [7, 11) is 0. The van der Waals surface area contributed by atoms with E-state index < -0.39 is 0 Å². The average molecular weight is 385 g/mol. The van der Waals surface area contributed by atoms with E-state index >= 15 is 0 Å². The predicted octanol–water partition coefficient (Wildman–Crippen LogP) is 4.10. The van der Waals surface area contributed by atoms with Gasteiger partial charge in [-0.15, -0.1) is 0 Å². The number of aromatic amines is 1. The molecule has 0 saturated carbocycles. The first-order chi connectivity index (χ1) is 13.9. The van der Waals surface area contributed by atoms with Gasteiger partial charge < -0.3 is 14.6 Å². The predicted molar refractivity (Wildman–Crippen MR) is 113 cm³/mol. The van der Waals surface area contributed by atoms with Crippen LogP contribution in [0.1, 0.15) is 52.2 Å². The van der Waals surface area contributed by atoms with Gasteiger partial charge in [0.15, 0.2) is 5.78 Å². The average Bonchev–Trinajstić information content (AvgIpc) is 3.05. The lowest BCUT2D eigenvalue weighted by atomic mass is 9.86. The molecule has 0 bridgehead atoms. The number of fused-ring (bicyclic) bond motifs is 4. The van der Waals surface area contributed by atoms with Gasteiger partial charge in [-0.3, -0.25) is 4.79 Å². The van der Waals surface area contributed by atoms with Crippen LogP contribution in [0, 0.1) is 18.3 Å². The van der Waals surface area contributed by atoms with Gasteiger partial charge in [-0.05, 0) is 62.2 Å². The Balaban J connectivity index is 1.58. The molecular weight excluding hydrogens is 362 g/mol. The number of H-pyrrole nitrogens is 1. The van der Waals surface area contributed by atoms with Crippen LogP contribution in [0.5, 0.6) is 0 Å². The number of morpholine rings is 1. The number of nitrogens with zero attached hydrogens (tertiary/aromatic N) is 2. The fourth-order valence-electron chi connectivity index (χ4n) is 4.75. The van der Waals surface area contributed by atoms with E-state index in [0.717, 1.165) is 57.6 Å². The molecule has 2 aliphatic rings. The zero-order valence-corrected chi connectivity index (χ0v) is 16.9. The highest BCUT2D eigenvalue weighted by molar-refractivity contribution is 6.20. The molecule has 0 unspecified atom stereocenters. The van der Waals surface area contributed by atoms with Gasteiger partial charge in [0.1, 0.15) is 0 Å².